The molecular formula is C16H20N2O2S. The standard InChI is InChI=1S/C16H20N2O2S/c17-8-6-16(20)18(10-13-4-2-1-3-5-13)11-15(19)14-7-9-21-12-14/h1-5,7,9,12,15,19H,6,8,10-11,17H2. The van der Waals surface area contributed by atoms with Gasteiger partial charge in [0.15, 0.2) is 0 Å². The summed E-state index contributed by atoms with van der Waals surface area (Å²) in [5.74, 6) is -0.0318. The van der Waals surface area contributed by atoms with Gasteiger partial charge < -0.3 is 15.7 Å². The molecule has 1 aromatic heterocycles. The Bertz CT molecular complexity index is 543. The number of carbonyl (C=O) groups is 1. The zero-order valence-electron chi connectivity index (χ0n) is 11.8. The van der Waals surface area contributed by atoms with Crippen LogP contribution in [0.3, 0.4) is 0 Å². The molecule has 0 spiro atoms. The molecule has 1 aromatic carbocycles. The molecule has 2 aromatic rings. The molecule has 5 heteroatoms. The molecule has 1 unspecified atom stereocenters. The summed E-state index contributed by atoms with van der Waals surface area (Å²) >= 11 is 1.53. The molecule has 4 nitrogen and oxygen atoms in total. The van der Waals surface area contributed by atoms with Crippen LogP contribution < -0.4 is 5.73 Å². The number of hydrogen-bond donors (Lipinski definition) is 2. The van der Waals surface area contributed by atoms with Gasteiger partial charge in [-0.1, -0.05) is 30.3 Å². The number of nitrogens with two attached hydrogens (primary N) is 1. The van der Waals surface area contributed by atoms with Gasteiger partial charge in [-0.05, 0) is 28.0 Å². The first-order valence-corrected chi connectivity index (χ1v) is 7.87. The molecule has 0 aliphatic rings. The fourth-order valence-electron chi connectivity index (χ4n) is 2.12. The molecule has 0 aliphatic carbocycles. The number of amides is 1. The SMILES string of the molecule is NCCC(=O)N(Cc1ccccc1)CC(O)c1ccsc1. The lowest BCUT2D eigenvalue weighted by molar-refractivity contribution is -0.133. The largest absolute Gasteiger partial charge is 0.387 e. The van der Waals surface area contributed by atoms with Gasteiger partial charge >= 0.3 is 0 Å². The number of aliphatic hydroxyl groups excluding tert-OH is 1. The van der Waals surface area contributed by atoms with Crippen molar-refractivity contribution < 1.29 is 9.90 Å². The molecule has 3 N–H and O–H groups in total. The van der Waals surface area contributed by atoms with E-state index in [0.717, 1.165) is 11.1 Å². The van der Waals surface area contributed by atoms with Gasteiger partial charge in [0.25, 0.3) is 0 Å². The Balaban J connectivity index is 2.06. The Morgan fingerprint density at radius 3 is 2.67 bits per heavy atom. The lowest BCUT2D eigenvalue weighted by Crippen LogP contribution is -2.35. The molecule has 0 saturated carbocycles. The van der Waals surface area contributed by atoms with Crippen LogP contribution in [0.5, 0.6) is 0 Å². The summed E-state index contributed by atoms with van der Waals surface area (Å²) in [6, 6.07) is 11.6. The van der Waals surface area contributed by atoms with Crippen LogP contribution in [0.25, 0.3) is 0 Å². The predicted octanol–water partition coefficient (Wildman–Crippen LogP) is 2.16. The van der Waals surface area contributed by atoms with E-state index in [-0.39, 0.29) is 12.5 Å². The zero-order chi connectivity index (χ0) is 15.1. The minimum atomic E-state index is -0.665. The van der Waals surface area contributed by atoms with Crippen LogP contribution in [-0.2, 0) is 11.3 Å². The molecule has 0 aliphatic heterocycles. The minimum Gasteiger partial charge on any atom is -0.387 e. The second kappa shape index (κ2) is 7.93. The number of thiophene rings is 1. The van der Waals surface area contributed by atoms with Gasteiger partial charge in [-0.15, -0.1) is 0 Å². The molecule has 0 bridgehead atoms. The second-order valence-corrected chi connectivity index (χ2v) is 5.65. The van der Waals surface area contributed by atoms with Crippen LogP contribution in [-0.4, -0.2) is 29.0 Å². The zero-order valence-corrected chi connectivity index (χ0v) is 12.6. The highest BCUT2D eigenvalue weighted by atomic mass is 32.1. The summed E-state index contributed by atoms with van der Waals surface area (Å²) in [5, 5.41) is 14.1. The van der Waals surface area contributed by atoms with Crippen LogP contribution in [0.15, 0.2) is 47.2 Å². The number of nitrogens with zero attached hydrogens (tertiary/aromatic N) is 1. The van der Waals surface area contributed by atoms with Crippen molar-refractivity contribution in [1.82, 2.24) is 4.90 Å². The number of aliphatic hydroxyl groups is 1. The first-order chi connectivity index (χ1) is 10.2. The Kier molecular flexibility index (Phi) is 5.92. The molecule has 2 rings (SSSR count). The highest BCUT2D eigenvalue weighted by Crippen LogP contribution is 2.19. The van der Waals surface area contributed by atoms with Gasteiger partial charge in [-0.2, -0.15) is 11.3 Å². The van der Waals surface area contributed by atoms with Crippen molar-refractivity contribution in [2.45, 2.75) is 19.1 Å². The van der Waals surface area contributed by atoms with Crippen molar-refractivity contribution in [1.29, 1.82) is 0 Å². The first kappa shape index (κ1) is 15.7. The number of rotatable bonds is 7. The minimum absolute atomic E-state index is 0.0318. The summed E-state index contributed by atoms with van der Waals surface area (Å²) in [7, 11) is 0. The molecular weight excluding hydrogens is 284 g/mol. The molecule has 0 radical (unpaired) electrons. The normalized spacial score (nSPS) is 12.1. The number of benzene rings is 1. The third-order valence-electron chi connectivity index (χ3n) is 3.25. The topological polar surface area (TPSA) is 66.6 Å². The Morgan fingerprint density at radius 2 is 2.05 bits per heavy atom. The lowest BCUT2D eigenvalue weighted by atomic mass is 10.1. The molecule has 0 fully saturated rings. The predicted molar refractivity (Wildman–Crippen MR) is 84.8 cm³/mol. The van der Waals surface area contributed by atoms with E-state index in [0.29, 0.717) is 19.5 Å². The highest BCUT2D eigenvalue weighted by molar-refractivity contribution is 7.07. The number of carbonyl (C=O) groups excluding carboxylic acids is 1. The summed E-state index contributed by atoms with van der Waals surface area (Å²) in [4.78, 5) is 13.9. The van der Waals surface area contributed by atoms with Gasteiger partial charge in [0.2, 0.25) is 5.91 Å². The second-order valence-electron chi connectivity index (χ2n) is 4.87. The fraction of sp³-hybridized carbons (Fsp3) is 0.312. The van der Waals surface area contributed by atoms with Gasteiger partial charge in [0, 0.05) is 19.5 Å². The van der Waals surface area contributed by atoms with Crippen LogP contribution in [0.4, 0.5) is 0 Å². The Labute approximate surface area is 128 Å². The van der Waals surface area contributed by atoms with Crippen LogP contribution >= 0.6 is 11.3 Å². The Hall–Kier alpha value is -1.69. The maximum absolute atomic E-state index is 12.2. The lowest BCUT2D eigenvalue weighted by Gasteiger charge is -2.25. The van der Waals surface area contributed by atoms with E-state index in [1.54, 1.807) is 4.90 Å². The van der Waals surface area contributed by atoms with Gasteiger partial charge in [0.1, 0.15) is 0 Å². The summed E-state index contributed by atoms with van der Waals surface area (Å²) < 4.78 is 0. The molecule has 1 amide bonds. The van der Waals surface area contributed by atoms with E-state index < -0.39 is 6.10 Å². The van der Waals surface area contributed by atoms with Crippen LogP contribution in [0, 0.1) is 0 Å². The van der Waals surface area contributed by atoms with E-state index in [2.05, 4.69) is 0 Å². The van der Waals surface area contributed by atoms with Crippen molar-refractivity contribution in [3.63, 3.8) is 0 Å². The summed E-state index contributed by atoms with van der Waals surface area (Å²) in [5.41, 5.74) is 7.37. The van der Waals surface area contributed by atoms with E-state index in [9.17, 15) is 9.90 Å². The smallest absolute Gasteiger partial charge is 0.224 e. The van der Waals surface area contributed by atoms with Crippen LogP contribution in [0.2, 0.25) is 0 Å². The molecule has 112 valence electrons. The van der Waals surface area contributed by atoms with Gasteiger partial charge in [-0.3, -0.25) is 4.79 Å². The first-order valence-electron chi connectivity index (χ1n) is 6.92. The summed E-state index contributed by atoms with van der Waals surface area (Å²) in [6.45, 7) is 1.09. The molecule has 1 atom stereocenters. The van der Waals surface area contributed by atoms with E-state index >= 15 is 0 Å². The third-order valence-corrected chi connectivity index (χ3v) is 3.95. The molecule has 21 heavy (non-hydrogen) atoms. The average molecular weight is 304 g/mol. The van der Waals surface area contributed by atoms with Crippen molar-refractivity contribution in [3.05, 3.63) is 58.3 Å². The average Bonchev–Trinajstić information content (AvgIpc) is 3.02. The third kappa shape index (κ3) is 4.67. The quantitative estimate of drug-likeness (QED) is 0.824. The highest BCUT2D eigenvalue weighted by Gasteiger charge is 2.18. The summed E-state index contributed by atoms with van der Waals surface area (Å²) in [6.07, 6.45) is -0.370. The van der Waals surface area contributed by atoms with Crippen molar-refractivity contribution in [3.8, 4) is 0 Å². The molecule has 0 saturated heterocycles. The van der Waals surface area contributed by atoms with Gasteiger partial charge in [-0.25, -0.2) is 0 Å². The van der Waals surface area contributed by atoms with Gasteiger partial charge in [0.05, 0.1) is 12.6 Å². The molecule has 1 heterocycles. The maximum Gasteiger partial charge on any atom is 0.224 e. The monoisotopic (exact) mass is 304 g/mol. The maximum atomic E-state index is 12.2. The Morgan fingerprint density at radius 1 is 1.29 bits per heavy atom. The van der Waals surface area contributed by atoms with E-state index in [1.807, 2.05) is 47.2 Å². The fourth-order valence-corrected chi connectivity index (χ4v) is 2.83. The van der Waals surface area contributed by atoms with Crippen molar-refractivity contribution in [2.75, 3.05) is 13.1 Å². The van der Waals surface area contributed by atoms with E-state index in [4.69, 9.17) is 5.73 Å². The van der Waals surface area contributed by atoms with Crippen molar-refractivity contribution >= 4 is 17.2 Å². The number of hydrogen-bond acceptors (Lipinski definition) is 4. The van der Waals surface area contributed by atoms with Crippen molar-refractivity contribution in [2.24, 2.45) is 5.73 Å². The van der Waals surface area contributed by atoms with E-state index in [1.165, 1.54) is 11.3 Å². The van der Waals surface area contributed by atoms with Crippen LogP contribution in [0.1, 0.15) is 23.7 Å².